The summed E-state index contributed by atoms with van der Waals surface area (Å²) in [6.07, 6.45) is 4.54. The van der Waals surface area contributed by atoms with E-state index in [1.54, 1.807) is 59.4 Å². The Bertz CT molecular complexity index is 1390. The maximum atomic E-state index is 13.2. The zero-order valence-electron chi connectivity index (χ0n) is 17.3. The molecule has 0 saturated carbocycles. The molecule has 7 heteroatoms. The van der Waals surface area contributed by atoms with Gasteiger partial charge in [-0.15, -0.1) is 0 Å². The van der Waals surface area contributed by atoms with Gasteiger partial charge in [0.1, 0.15) is 5.82 Å². The predicted octanol–water partition coefficient (Wildman–Crippen LogP) is 7.25. The van der Waals surface area contributed by atoms with Gasteiger partial charge in [-0.2, -0.15) is 5.26 Å². The number of benzene rings is 3. The molecule has 4 rings (SSSR count). The molecular formula is C26H17ClFIN2O2. The monoisotopic (exact) mass is 570 g/mol. The van der Waals surface area contributed by atoms with Crippen LogP contribution in [0.1, 0.15) is 27.0 Å². The van der Waals surface area contributed by atoms with Crippen LogP contribution in [0.15, 0.2) is 72.9 Å². The molecule has 0 aliphatic carbocycles. The van der Waals surface area contributed by atoms with Crippen LogP contribution in [0.25, 0.3) is 22.6 Å². The molecule has 4 aromatic rings. The van der Waals surface area contributed by atoms with Gasteiger partial charge >= 0.3 is 5.97 Å². The van der Waals surface area contributed by atoms with E-state index < -0.39 is 5.97 Å². The highest BCUT2D eigenvalue weighted by Gasteiger charge is 2.11. The highest BCUT2D eigenvalue weighted by molar-refractivity contribution is 14.1. The highest BCUT2D eigenvalue weighted by Crippen LogP contribution is 2.29. The number of aromatic nitrogens is 1. The lowest BCUT2D eigenvalue weighted by Crippen LogP contribution is -1.99. The summed E-state index contributed by atoms with van der Waals surface area (Å²) in [5.41, 5.74) is 4.44. The van der Waals surface area contributed by atoms with Crippen molar-refractivity contribution in [2.75, 3.05) is 0 Å². The molecule has 3 aromatic carbocycles. The number of hydrogen-bond acceptors (Lipinski definition) is 3. The number of aryl methyl sites for hydroxylation is 2. The summed E-state index contributed by atoms with van der Waals surface area (Å²) in [5, 5.41) is 11.4. The lowest BCUT2D eigenvalue weighted by Gasteiger charge is -2.06. The third kappa shape index (κ3) is 5.27. The Balaban J connectivity index is 1.69. The minimum absolute atomic E-state index is 0.257. The van der Waals surface area contributed by atoms with E-state index in [0.29, 0.717) is 28.3 Å². The normalized spacial score (nSPS) is 11.4. The average molecular weight is 571 g/mol. The van der Waals surface area contributed by atoms with Gasteiger partial charge in [-0.1, -0.05) is 41.9 Å². The van der Waals surface area contributed by atoms with Crippen molar-refractivity contribution in [3.63, 3.8) is 0 Å². The van der Waals surface area contributed by atoms with Crippen LogP contribution < -0.4 is 0 Å². The molecule has 164 valence electrons. The van der Waals surface area contributed by atoms with Crippen LogP contribution in [0.3, 0.4) is 0 Å². The van der Waals surface area contributed by atoms with Gasteiger partial charge in [-0.25, -0.2) is 9.18 Å². The van der Waals surface area contributed by atoms with Crippen molar-refractivity contribution in [3.8, 4) is 6.07 Å². The summed E-state index contributed by atoms with van der Waals surface area (Å²) in [5.74, 6) is -0.696. The molecular weight excluding hydrogens is 554 g/mol. The summed E-state index contributed by atoms with van der Waals surface area (Å²) in [7, 11) is 0. The second kappa shape index (κ2) is 10.2. The van der Waals surface area contributed by atoms with Crippen LogP contribution in [0, 0.1) is 17.1 Å². The second-order valence-electron chi connectivity index (χ2n) is 7.43. The number of nitriles is 1. The van der Waals surface area contributed by atoms with Crippen LogP contribution in [0.2, 0.25) is 5.02 Å². The Kier molecular flexibility index (Phi) is 7.11. The van der Waals surface area contributed by atoms with E-state index in [9.17, 15) is 14.4 Å². The second-order valence-corrected chi connectivity index (χ2v) is 8.30. The SMILES string of the molecule is N#C/C(=C\c1cn(CCc2ccc(F)cc2)c2cc(Cl)ccc12)c1ccc(C(=O)OI)cc1. The van der Waals surface area contributed by atoms with E-state index in [1.165, 1.54) is 12.1 Å². The van der Waals surface area contributed by atoms with Gasteiger partial charge < -0.3 is 7.63 Å². The van der Waals surface area contributed by atoms with E-state index >= 15 is 0 Å². The fourth-order valence-corrected chi connectivity index (χ4v) is 4.08. The fraction of sp³-hybridized carbons (Fsp3) is 0.0769. The molecule has 0 bridgehead atoms. The fourth-order valence-electron chi connectivity index (χ4n) is 3.66. The van der Waals surface area contributed by atoms with Gasteiger partial charge in [0.2, 0.25) is 0 Å². The van der Waals surface area contributed by atoms with Gasteiger partial charge in [-0.3, -0.25) is 0 Å². The number of carbonyl (C=O) groups is 1. The molecule has 1 heterocycles. The summed E-state index contributed by atoms with van der Waals surface area (Å²) < 4.78 is 20.0. The number of fused-ring (bicyclic) bond motifs is 1. The van der Waals surface area contributed by atoms with Gasteiger partial charge in [-0.05, 0) is 60.0 Å². The molecule has 0 aliphatic rings. The molecule has 0 saturated heterocycles. The average Bonchev–Trinajstić information content (AvgIpc) is 3.18. The van der Waals surface area contributed by atoms with Crippen molar-refractivity contribution >= 4 is 63.1 Å². The van der Waals surface area contributed by atoms with E-state index in [2.05, 4.69) is 10.6 Å². The zero-order chi connectivity index (χ0) is 23.4. The van der Waals surface area contributed by atoms with E-state index in [4.69, 9.17) is 14.7 Å². The Morgan fingerprint density at radius 2 is 1.79 bits per heavy atom. The van der Waals surface area contributed by atoms with Crippen LogP contribution in [-0.4, -0.2) is 10.5 Å². The van der Waals surface area contributed by atoms with Crippen LogP contribution in [0.5, 0.6) is 0 Å². The number of rotatable bonds is 6. The maximum absolute atomic E-state index is 13.2. The van der Waals surface area contributed by atoms with E-state index in [1.807, 2.05) is 30.5 Å². The molecule has 33 heavy (non-hydrogen) atoms. The molecule has 0 fully saturated rings. The third-order valence-corrected chi connectivity index (χ3v) is 5.99. The lowest BCUT2D eigenvalue weighted by atomic mass is 10.0. The van der Waals surface area contributed by atoms with Gasteiger partial charge in [0.25, 0.3) is 0 Å². The quantitative estimate of drug-likeness (QED) is 0.181. The number of carbonyl (C=O) groups excluding carboxylic acids is 1. The number of allylic oxidation sites excluding steroid dienone is 1. The first kappa shape index (κ1) is 23.0. The number of halogens is 3. The molecule has 4 nitrogen and oxygen atoms in total. The number of hydrogen-bond donors (Lipinski definition) is 0. The Labute approximate surface area is 209 Å². The van der Waals surface area contributed by atoms with Crippen LogP contribution in [0.4, 0.5) is 4.39 Å². The highest BCUT2D eigenvalue weighted by atomic mass is 127. The Morgan fingerprint density at radius 1 is 1.09 bits per heavy atom. The summed E-state index contributed by atoms with van der Waals surface area (Å²) in [6.45, 7) is 0.672. The van der Waals surface area contributed by atoms with Gasteiger partial charge in [0.15, 0.2) is 23.0 Å². The summed E-state index contributed by atoms with van der Waals surface area (Å²) in [4.78, 5) is 11.7. The van der Waals surface area contributed by atoms with Crippen molar-refractivity contribution in [3.05, 3.63) is 106 Å². The van der Waals surface area contributed by atoms with Crippen molar-refractivity contribution in [1.29, 1.82) is 5.26 Å². The maximum Gasteiger partial charge on any atom is 0.347 e. The minimum Gasteiger partial charge on any atom is -0.391 e. The van der Waals surface area contributed by atoms with E-state index in [0.717, 1.165) is 28.5 Å². The first-order chi connectivity index (χ1) is 16.0. The molecule has 0 unspecified atom stereocenters. The summed E-state index contributed by atoms with van der Waals surface area (Å²) in [6, 6.07) is 21.1. The molecule has 0 amide bonds. The Hall–Kier alpha value is -3.15. The van der Waals surface area contributed by atoms with Crippen molar-refractivity contribution in [2.45, 2.75) is 13.0 Å². The number of nitrogens with zero attached hydrogens (tertiary/aromatic N) is 2. The standard InChI is InChI=1S/C26H17ClFIN2O2/c27-22-7-10-24-21(13-20(15-30)18-3-5-19(6-4-18)26(32)33-29)16-31(25(24)14-22)12-11-17-1-8-23(28)9-2-17/h1-10,13-14,16H,11-12H2/b20-13+. The van der Waals surface area contributed by atoms with Crippen molar-refractivity contribution in [1.82, 2.24) is 4.57 Å². The first-order valence-electron chi connectivity index (χ1n) is 10.1. The largest absolute Gasteiger partial charge is 0.391 e. The molecule has 0 atom stereocenters. The molecule has 0 N–H and O–H groups in total. The lowest BCUT2D eigenvalue weighted by molar-refractivity contribution is 0.0800. The third-order valence-electron chi connectivity index (χ3n) is 5.35. The zero-order valence-corrected chi connectivity index (χ0v) is 20.2. The first-order valence-corrected chi connectivity index (χ1v) is 11.3. The summed E-state index contributed by atoms with van der Waals surface area (Å²) >= 11 is 7.80. The topological polar surface area (TPSA) is 55.0 Å². The minimum atomic E-state index is -0.439. The van der Waals surface area contributed by atoms with Gasteiger partial charge in [0.05, 0.1) is 22.7 Å². The van der Waals surface area contributed by atoms with Crippen molar-refractivity contribution < 1.29 is 12.3 Å². The predicted molar refractivity (Wildman–Crippen MR) is 136 cm³/mol. The smallest absolute Gasteiger partial charge is 0.347 e. The molecule has 0 aliphatic heterocycles. The molecule has 0 spiro atoms. The van der Waals surface area contributed by atoms with Gasteiger partial charge in [0, 0.05) is 28.7 Å². The van der Waals surface area contributed by atoms with Crippen molar-refractivity contribution in [2.24, 2.45) is 0 Å². The van der Waals surface area contributed by atoms with E-state index in [-0.39, 0.29) is 5.82 Å². The van der Waals surface area contributed by atoms with Crippen LogP contribution in [-0.2, 0) is 16.0 Å². The van der Waals surface area contributed by atoms with Crippen LogP contribution >= 0.6 is 34.6 Å². The Morgan fingerprint density at radius 3 is 2.45 bits per heavy atom. The molecule has 0 radical (unpaired) electrons. The molecule has 1 aromatic heterocycles.